The summed E-state index contributed by atoms with van der Waals surface area (Å²) in [7, 11) is 0. The van der Waals surface area contributed by atoms with Crippen LogP contribution in [0.1, 0.15) is 20.8 Å². The summed E-state index contributed by atoms with van der Waals surface area (Å²) in [6.45, 7) is 3.89. The number of aliphatic carboxylic acids is 2. The maximum atomic E-state index is 11.8. The van der Waals surface area contributed by atoms with Crippen LogP contribution in [0.25, 0.3) is 0 Å². The minimum atomic E-state index is -1.42. The van der Waals surface area contributed by atoms with Crippen LogP contribution in [-0.2, 0) is 28.7 Å². The minimum absolute atomic E-state index is 0.123. The quantitative estimate of drug-likeness (QED) is 0.555. The Hall–Kier alpha value is -2.64. The van der Waals surface area contributed by atoms with Crippen molar-refractivity contribution >= 4 is 23.9 Å². The molecule has 0 aromatic carbocycles. The van der Waals surface area contributed by atoms with Crippen LogP contribution in [0.5, 0.6) is 0 Å². The Labute approximate surface area is 126 Å². The molecule has 0 aliphatic carbocycles. The van der Waals surface area contributed by atoms with E-state index in [0.717, 1.165) is 12.2 Å². The number of carbonyl (C=O) groups is 4. The average Bonchev–Trinajstić information content (AvgIpc) is 2.41. The summed E-state index contributed by atoms with van der Waals surface area (Å²) in [6, 6.07) is 0. The molecule has 2 unspecified atom stereocenters. The van der Waals surface area contributed by atoms with Crippen LogP contribution in [-0.4, -0.2) is 46.3 Å². The molecule has 0 spiro atoms. The molecule has 22 heavy (non-hydrogen) atoms. The molecular weight excluding hydrogens is 296 g/mol. The fourth-order valence-corrected chi connectivity index (χ4v) is 1.74. The number of carboxylic acid groups (broad SMARTS) is 2. The van der Waals surface area contributed by atoms with E-state index in [0.29, 0.717) is 0 Å². The van der Waals surface area contributed by atoms with Crippen LogP contribution < -0.4 is 0 Å². The lowest BCUT2D eigenvalue weighted by molar-refractivity contribution is -0.195. The van der Waals surface area contributed by atoms with Gasteiger partial charge in [0.25, 0.3) is 0 Å². The van der Waals surface area contributed by atoms with Gasteiger partial charge in [-0.1, -0.05) is 12.2 Å². The number of ether oxygens (including phenoxy) is 2. The highest BCUT2D eigenvalue weighted by molar-refractivity contribution is 5.90. The standard InChI is InChI=1S/C14H16O8/c1-6(11(15)16)4-9(5-7(2)12(17)18)10-14(20)21-8(3)13(19)22-10/h4-5,8-10H,1-3H3,(H,15,16)(H,17,18). The molecule has 0 aromatic rings. The number of carbonyl (C=O) groups excluding carboxylic acids is 2. The first-order valence-corrected chi connectivity index (χ1v) is 6.38. The molecule has 120 valence electrons. The zero-order valence-electron chi connectivity index (χ0n) is 12.2. The van der Waals surface area contributed by atoms with Gasteiger partial charge in [0.05, 0.1) is 0 Å². The molecule has 1 aliphatic heterocycles. The highest BCUT2D eigenvalue weighted by atomic mass is 16.6. The van der Waals surface area contributed by atoms with E-state index in [1.165, 1.54) is 20.8 Å². The van der Waals surface area contributed by atoms with Crippen molar-refractivity contribution in [1.82, 2.24) is 0 Å². The van der Waals surface area contributed by atoms with E-state index in [-0.39, 0.29) is 11.1 Å². The summed E-state index contributed by atoms with van der Waals surface area (Å²) in [4.78, 5) is 45.2. The molecular formula is C14H16O8. The summed E-state index contributed by atoms with van der Waals surface area (Å²) in [5.41, 5.74) is -0.246. The second kappa shape index (κ2) is 6.88. The van der Waals surface area contributed by atoms with Gasteiger partial charge in [-0.2, -0.15) is 0 Å². The summed E-state index contributed by atoms with van der Waals surface area (Å²) in [5, 5.41) is 17.8. The first-order valence-electron chi connectivity index (χ1n) is 6.38. The van der Waals surface area contributed by atoms with Crippen LogP contribution in [0, 0.1) is 5.92 Å². The predicted octanol–water partition coefficient (Wildman–Crippen LogP) is 0.521. The second-order valence-electron chi connectivity index (χ2n) is 4.82. The average molecular weight is 312 g/mol. The van der Waals surface area contributed by atoms with Gasteiger partial charge in [-0.15, -0.1) is 0 Å². The molecule has 2 N–H and O–H groups in total. The Morgan fingerprint density at radius 3 is 1.86 bits per heavy atom. The Morgan fingerprint density at radius 1 is 1.00 bits per heavy atom. The van der Waals surface area contributed by atoms with Crippen LogP contribution in [0.4, 0.5) is 0 Å². The van der Waals surface area contributed by atoms with Gasteiger partial charge in [-0.3, -0.25) is 0 Å². The van der Waals surface area contributed by atoms with Gasteiger partial charge in [0.1, 0.15) is 0 Å². The monoisotopic (exact) mass is 312 g/mol. The summed E-state index contributed by atoms with van der Waals surface area (Å²) in [6.07, 6.45) is -0.195. The smallest absolute Gasteiger partial charge is 0.349 e. The van der Waals surface area contributed by atoms with Crippen molar-refractivity contribution in [2.45, 2.75) is 33.0 Å². The van der Waals surface area contributed by atoms with Gasteiger partial charge in [-0.05, 0) is 20.8 Å². The van der Waals surface area contributed by atoms with E-state index in [1.54, 1.807) is 0 Å². The SMILES string of the molecule is CC(=CC(C=C(C)C(=O)O)C1OC(=O)C(C)OC1=O)C(=O)O. The molecule has 0 aromatic heterocycles. The Bertz CT molecular complexity index is 541. The number of hydrogen-bond acceptors (Lipinski definition) is 6. The topological polar surface area (TPSA) is 127 Å². The molecule has 1 aliphatic rings. The van der Waals surface area contributed by atoms with Crippen molar-refractivity contribution in [2.24, 2.45) is 5.92 Å². The molecule has 0 amide bonds. The maximum absolute atomic E-state index is 11.8. The Morgan fingerprint density at radius 2 is 1.45 bits per heavy atom. The second-order valence-corrected chi connectivity index (χ2v) is 4.82. The minimum Gasteiger partial charge on any atom is -0.478 e. The summed E-state index contributed by atoms with van der Waals surface area (Å²) in [5.74, 6) is -5.18. The third-order valence-electron chi connectivity index (χ3n) is 3.01. The zero-order valence-corrected chi connectivity index (χ0v) is 12.2. The fraction of sp³-hybridized carbons (Fsp3) is 0.429. The highest BCUT2D eigenvalue weighted by Crippen LogP contribution is 2.22. The van der Waals surface area contributed by atoms with Gasteiger partial charge in [-0.25, -0.2) is 19.2 Å². The van der Waals surface area contributed by atoms with Crippen molar-refractivity contribution in [3.63, 3.8) is 0 Å². The van der Waals surface area contributed by atoms with E-state index < -0.39 is 42.0 Å². The lowest BCUT2D eigenvalue weighted by Gasteiger charge is -2.28. The first kappa shape index (κ1) is 17.4. The summed E-state index contributed by atoms with van der Waals surface area (Å²) < 4.78 is 9.76. The van der Waals surface area contributed by atoms with Crippen molar-refractivity contribution in [3.05, 3.63) is 23.3 Å². The molecule has 8 nitrogen and oxygen atoms in total. The molecule has 0 radical (unpaired) electrons. The lowest BCUT2D eigenvalue weighted by Crippen LogP contribution is -2.45. The molecule has 1 saturated heterocycles. The van der Waals surface area contributed by atoms with Gasteiger partial charge < -0.3 is 19.7 Å². The highest BCUT2D eigenvalue weighted by Gasteiger charge is 2.39. The van der Waals surface area contributed by atoms with Crippen LogP contribution in [0.15, 0.2) is 23.3 Å². The van der Waals surface area contributed by atoms with E-state index in [1.807, 2.05) is 0 Å². The van der Waals surface area contributed by atoms with Gasteiger partial charge >= 0.3 is 23.9 Å². The zero-order chi connectivity index (χ0) is 17.0. The molecule has 1 heterocycles. The van der Waals surface area contributed by atoms with E-state index in [9.17, 15) is 19.2 Å². The number of cyclic esters (lactones) is 2. The van der Waals surface area contributed by atoms with E-state index in [2.05, 4.69) is 0 Å². The van der Waals surface area contributed by atoms with Crippen molar-refractivity contribution < 1.29 is 38.9 Å². The third kappa shape index (κ3) is 4.18. The lowest BCUT2D eigenvalue weighted by atomic mass is 9.96. The predicted molar refractivity (Wildman–Crippen MR) is 71.7 cm³/mol. The number of carboxylic acids is 2. The Balaban J connectivity index is 3.20. The van der Waals surface area contributed by atoms with Crippen molar-refractivity contribution in [3.8, 4) is 0 Å². The molecule has 0 saturated carbocycles. The normalized spacial score (nSPS) is 24.3. The molecule has 1 rings (SSSR count). The third-order valence-corrected chi connectivity index (χ3v) is 3.01. The number of hydrogen-bond donors (Lipinski definition) is 2. The Kier molecular flexibility index (Phi) is 5.44. The molecule has 8 heteroatoms. The van der Waals surface area contributed by atoms with Gasteiger partial charge in [0, 0.05) is 17.1 Å². The maximum Gasteiger partial charge on any atom is 0.349 e. The van der Waals surface area contributed by atoms with Crippen LogP contribution in [0.3, 0.4) is 0 Å². The van der Waals surface area contributed by atoms with E-state index >= 15 is 0 Å². The molecule has 0 bridgehead atoms. The number of esters is 2. The molecule has 1 fully saturated rings. The van der Waals surface area contributed by atoms with Gasteiger partial charge in [0.2, 0.25) is 6.10 Å². The van der Waals surface area contributed by atoms with E-state index in [4.69, 9.17) is 19.7 Å². The van der Waals surface area contributed by atoms with Crippen LogP contribution >= 0.6 is 0 Å². The van der Waals surface area contributed by atoms with Crippen LogP contribution in [0.2, 0.25) is 0 Å². The van der Waals surface area contributed by atoms with Gasteiger partial charge in [0.15, 0.2) is 6.10 Å². The first-order chi connectivity index (χ1) is 10.1. The summed E-state index contributed by atoms with van der Waals surface area (Å²) >= 11 is 0. The molecule has 2 atom stereocenters. The number of rotatable bonds is 5. The largest absolute Gasteiger partial charge is 0.478 e. The fourth-order valence-electron chi connectivity index (χ4n) is 1.74. The van der Waals surface area contributed by atoms with Crippen molar-refractivity contribution in [1.29, 1.82) is 0 Å². The van der Waals surface area contributed by atoms with Crippen molar-refractivity contribution in [2.75, 3.05) is 0 Å².